The summed E-state index contributed by atoms with van der Waals surface area (Å²) in [5.41, 5.74) is 4.06. The summed E-state index contributed by atoms with van der Waals surface area (Å²) in [6.07, 6.45) is 2.28. The van der Waals surface area contributed by atoms with Crippen molar-refractivity contribution in [1.82, 2.24) is 4.98 Å². The van der Waals surface area contributed by atoms with Crippen molar-refractivity contribution in [2.75, 3.05) is 23.8 Å². The molecule has 1 aromatic carbocycles. The first-order chi connectivity index (χ1) is 9.69. The zero-order valence-electron chi connectivity index (χ0n) is 11.2. The van der Waals surface area contributed by atoms with Gasteiger partial charge in [0, 0.05) is 30.2 Å². The van der Waals surface area contributed by atoms with Crippen LogP contribution in [0.4, 0.5) is 10.8 Å². The van der Waals surface area contributed by atoms with Crippen molar-refractivity contribution in [2.24, 2.45) is 0 Å². The molecular formula is C15H15N3OS. The minimum Gasteiger partial charge on any atom is -0.358 e. The lowest BCUT2D eigenvalue weighted by Crippen LogP contribution is -2.20. The summed E-state index contributed by atoms with van der Waals surface area (Å²) in [4.78, 5) is 17.9. The number of likely N-dealkylation sites (N-methyl/N-ethyl adjacent to an activating group) is 1. The summed E-state index contributed by atoms with van der Waals surface area (Å²) in [5, 5.41) is 6.08. The molecule has 0 fully saturated rings. The number of anilines is 2. The Morgan fingerprint density at radius 2 is 2.40 bits per heavy atom. The number of fused-ring (bicyclic) bond motifs is 1. The van der Waals surface area contributed by atoms with Gasteiger partial charge in [-0.15, -0.1) is 17.9 Å². The summed E-state index contributed by atoms with van der Waals surface area (Å²) in [5.74, 6) is 0.142. The van der Waals surface area contributed by atoms with Gasteiger partial charge in [-0.3, -0.25) is 4.79 Å². The minimum absolute atomic E-state index is 0.142. The maximum atomic E-state index is 11.7. The summed E-state index contributed by atoms with van der Waals surface area (Å²) in [6, 6.07) is 6.06. The van der Waals surface area contributed by atoms with E-state index in [0.717, 1.165) is 27.6 Å². The van der Waals surface area contributed by atoms with Crippen LogP contribution in [0.15, 0.2) is 36.2 Å². The fourth-order valence-corrected chi connectivity index (χ4v) is 3.01. The van der Waals surface area contributed by atoms with Crippen molar-refractivity contribution < 1.29 is 4.79 Å². The van der Waals surface area contributed by atoms with Gasteiger partial charge in [0.15, 0.2) is 5.13 Å². The van der Waals surface area contributed by atoms with E-state index in [1.807, 2.05) is 24.6 Å². The molecule has 1 aromatic heterocycles. The van der Waals surface area contributed by atoms with Crippen LogP contribution >= 0.6 is 11.3 Å². The highest BCUT2D eigenvalue weighted by Crippen LogP contribution is 2.33. The van der Waals surface area contributed by atoms with E-state index in [-0.39, 0.29) is 5.91 Å². The largest absolute Gasteiger partial charge is 0.358 e. The van der Waals surface area contributed by atoms with E-state index in [0.29, 0.717) is 13.0 Å². The maximum Gasteiger partial charge on any atom is 0.231 e. The van der Waals surface area contributed by atoms with Crippen LogP contribution in [0.1, 0.15) is 5.56 Å². The SMILES string of the molecule is C=CCNc1nc(-c2ccc3c(c2)CC(=O)N3C)cs1. The Labute approximate surface area is 121 Å². The van der Waals surface area contributed by atoms with Gasteiger partial charge in [-0.2, -0.15) is 0 Å². The molecule has 0 aliphatic carbocycles. The van der Waals surface area contributed by atoms with Gasteiger partial charge in [0.1, 0.15) is 0 Å². The average Bonchev–Trinajstić information content (AvgIpc) is 3.02. The molecule has 2 heterocycles. The van der Waals surface area contributed by atoms with Crippen molar-refractivity contribution >= 4 is 28.1 Å². The quantitative estimate of drug-likeness (QED) is 0.879. The topological polar surface area (TPSA) is 45.2 Å². The number of nitrogens with zero attached hydrogens (tertiary/aromatic N) is 2. The maximum absolute atomic E-state index is 11.7. The van der Waals surface area contributed by atoms with Crippen LogP contribution in [-0.4, -0.2) is 24.5 Å². The molecule has 0 saturated heterocycles. The molecule has 0 atom stereocenters. The Hall–Kier alpha value is -2.14. The predicted molar refractivity (Wildman–Crippen MR) is 83.4 cm³/mol. The number of carbonyl (C=O) groups excluding carboxylic acids is 1. The summed E-state index contributed by atoms with van der Waals surface area (Å²) < 4.78 is 0. The van der Waals surface area contributed by atoms with E-state index in [1.54, 1.807) is 22.3 Å². The monoisotopic (exact) mass is 285 g/mol. The second-order valence-electron chi connectivity index (χ2n) is 4.68. The van der Waals surface area contributed by atoms with E-state index >= 15 is 0 Å². The summed E-state index contributed by atoms with van der Waals surface area (Å²) in [7, 11) is 1.81. The molecule has 1 amide bonds. The number of hydrogen-bond donors (Lipinski definition) is 1. The van der Waals surface area contributed by atoms with Gasteiger partial charge in [-0.1, -0.05) is 12.1 Å². The average molecular weight is 285 g/mol. The zero-order valence-corrected chi connectivity index (χ0v) is 12.0. The van der Waals surface area contributed by atoms with E-state index in [4.69, 9.17) is 0 Å². The van der Waals surface area contributed by atoms with Crippen LogP contribution in [0.2, 0.25) is 0 Å². The highest BCUT2D eigenvalue weighted by Gasteiger charge is 2.24. The smallest absolute Gasteiger partial charge is 0.231 e. The Balaban J connectivity index is 1.88. The number of amides is 1. The molecule has 1 aliphatic heterocycles. The van der Waals surface area contributed by atoms with Gasteiger partial charge >= 0.3 is 0 Å². The van der Waals surface area contributed by atoms with Gasteiger partial charge in [0.05, 0.1) is 12.1 Å². The molecule has 3 rings (SSSR count). The van der Waals surface area contributed by atoms with E-state index < -0.39 is 0 Å². The highest BCUT2D eigenvalue weighted by atomic mass is 32.1. The van der Waals surface area contributed by atoms with Crippen LogP contribution in [0.3, 0.4) is 0 Å². The first kappa shape index (κ1) is 12.9. The first-order valence-corrected chi connectivity index (χ1v) is 7.27. The number of benzene rings is 1. The number of rotatable bonds is 4. The normalized spacial score (nSPS) is 13.4. The first-order valence-electron chi connectivity index (χ1n) is 6.39. The van der Waals surface area contributed by atoms with Crippen LogP contribution < -0.4 is 10.2 Å². The van der Waals surface area contributed by atoms with Crippen molar-refractivity contribution in [3.05, 3.63) is 41.8 Å². The molecule has 0 bridgehead atoms. The fourth-order valence-electron chi connectivity index (χ4n) is 2.28. The van der Waals surface area contributed by atoms with Crippen LogP contribution in [0, 0.1) is 0 Å². The molecule has 20 heavy (non-hydrogen) atoms. The van der Waals surface area contributed by atoms with Gasteiger partial charge in [-0.25, -0.2) is 4.98 Å². The molecule has 1 N–H and O–H groups in total. The molecular weight excluding hydrogens is 270 g/mol. The van der Waals surface area contributed by atoms with Gasteiger partial charge < -0.3 is 10.2 Å². The van der Waals surface area contributed by atoms with Crippen molar-refractivity contribution in [3.8, 4) is 11.3 Å². The lowest BCUT2D eigenvalue weighted by molar-refractivity contribution is -0.117. The van der Waals surface area contributed by atoms with Crippen LogP contribution in [0.5, 0.6) is 0 Å². The third-order valence-electron chi connectivity index (χ3n) is 3.35. The standard InChI is InChI=1S/C15H15N3OS/c1-3-6-16-15-17-12(9-20-15)10-4-5-13-11(7-10)8-14(19)18(13)2/h3-5,7,9H,1,6,8H2,2H3,(H,16,17). The van der Waals surface area contributed by atoms with Crippen LogP contribution in [-0.2, 0) is 11.2 Å². The Morgan fingerprint density at radius 3 is 3.20 bits per heavy atom. The Kier molecular flexibility index (Phi) is 3.28. The highest BCUT2D eigenvalue weighted by molar-refractivity contribution is 7.14. The van der Waals surface area contributed by atoms with Gasteiger partial charge in [0.25, 0.3) is 0 Å². The molecule has 0 radical (unpaired) electrons. The number of nitrogens with one attached hydrogen (secondary N) is 1. The second-order valence-corrected chi connectivity index (χ2v) is 5.54. The lowest BCUT2D eigenvalue weighted by Gasteiger charge is -2.09. The second kappa shape index (κ2) is 5.09. The zero-order chi connectivity index (χ0) is 14.1. The molecule has 0 spiro atoms. The predicted octanol–water partition coefficient (Wildman–Crippen LogP) is 2.93. The molecule has 5 heteroatoms. The summed E-state index contributed by atoms with van der Waals surface area (Å²) >= 11 is 1.57. The molecule has 102 valence electrons. The Morgan fingerprint density at radius 1 is 1.55 bits per heavy atom. The summed E-state index contributed by atoms with van der Waals surface area (Å²) in [6.45, 7) is 4.38. The molecule has 2 aromatic rings. The molecule has 0 unspecified atom stereocenters. The van der Waals surface area contributed by atoms with Crippen molar-refractivity contribution in [3.63, 3.8) is 0 Å². The third kappa shape index (κ3) is 2.20. The van der Waals surface area contributed by atoms with Crippen LogP contribution in [0.25, 0.3) is 11.3 Å². The molecule has 0 saturated carbocycles. The van der Waals surface area contributed by atoms with Gasteiger partial charge in [-0.05, 0) is 17.7 Å². The van der Waals surface area contributed by atoms with Gasteiger partial charge in [0.2, 0.25) is 5.91 Å². The minimum atomic E-state index is 0.142. The number of thiazole rings is 1. The third-order valence-corrected chi connectivity index (χ3v) is 4.15. The number of carbonyl (C=O) groups is 1. The van der Waals surface area contributed by atoms with Crippen molar-refractivity contribution in [1.29, 1.82) is 0 Å². The van der Waals surface area contributed by atoms with Crippen molar-refractivity contribution in [2.45, 2.75) is 6.42 Å². The van der Waals surface area contributed by atoms with E-state index in [1.165, 1.54) is 0 Å². The lowest BCUT2D eigenvalue weighted by atomic mass is 10.1. The Bertz CT molecular complexity index is 678. The van der Waals surface area contributed by atoms with E-state index in [9.17, 15) is 4.79 Å². The molecule has 1 aliphatic rings. The molecule has 4 nitrogen and oxygen atoms in total. The number of aromatic nitrogens is 1. The van der Waals surface area contributed by atoms with E-state index in [2.05, 4.69) is 22.9 Å². The fraction of sp³-hybridized carbons (Fsp3) is 0.200. The number of hydrogen-bond acceptors (Lipinski definition) is 4.